The molecule has 0 aromatic carbocycles. The third kappa shape index (κ3) is 4.66. The maximum Gasteiger partial charge on any atom is 0.227 e. The highest BCUT2D eigenvalue weighted by Crippen LogP contribution is 2.32. The van der Waals surface area contributed by atoms with Crippen molar-refractivity contribution in [3.63, 3.8) is 0 Å². The zero-order valence-corrected chi connectivity index (χ0v) is 22.5. The standard InChI is InChI=1S/C29H32N10O/c1-38-9-11-39(12-10-38)28-26-22(7-8-31-28)34-27(35-26)25-21-14-23(32-17-24(21)36-37-25)19-13-20(16-30-15-19)33-29(40)18-5-3-2-4-6-18/h7-8,13-18H,2-6,9-12H2,1H3,(H,33,40)(H,34,35)(H,36,37). The summed E-state index contributed by atoms with van der Waals surface area (Å²) in [5.41, 5.74) is 5.55. The molecule has 11 heteroatoms. The number of aromatic amines is 2. The first-order chi connectivity index (χ1) is 19.6. The molecular formula is C29H32N10O. The van der Waals surface area contributed by atoms with Crippen LogP contribution in [0.3, 0.4) is 0 Å². The fourth-order valence-corrected chi connectivity index (χ4v) is 5.80. The molecule has 0 unspecified atom stereocenters. The van der Waals surface area contributed by atoms with E-state index in [2.05, 4.69) is 52.3 Å². The Kier molecular flexibility index (Phi) is 6.35. The minimum atomic E-state index is 0.0782. The summed E-state index contributed by atoms with van der Waals surface area (Å²) in [4.78, 5) is 39.5. The second-order valence-corrected chi connectivity index (χ2v) is 10.9. The van der Waals surface area contributed by atoms with E-state index in [0.29, 0.717) is 17.2 Å². The number of pyridine rings is 3. The van der Waals surface area contributed by atoms with Crippen molar-refractivity contribution in [2.24, 2.45) is 5.92 Å². The molecule has 1 amide bonds. The molecule has 0 spiro atoms. The number of H-pyrrole nitrogens is 2. The molecule has 5 aromatic rings. The topological polar surface area (TPSA) is 132 Å². The lowest BCUT2D eigenvalue weighted by Gasteiger charge is -2.33. The average molecular weight is 537 g/mol. The van der Waals surface area contributed by atoms with Gasteiger partial charge in [-0.15, -0.1) is 0 Å². The number of hydrogen-bond acceptors (Lipinski definition) is 8. The Bertz CT molecular complexity index is 1680. The number of carbonyl (C=O) groups is 1. The maximum absolute atomic E-state index is 12.8. The second-order valence-electron chi connectivity index (χ2n) is 10.9. The lowest BCUT2D eigenvalue weighted by Crippen LogP contribution is -2.44. The average Bonchev–Trinajstić information content (AvgIpc) is 3.62. The van der Waals surface area contributed by atoms with E-state index in [4.69, 9.17) is 4.98 Å². The Hall–Kier alpha value is -4.38. The predicted octanol–water partition coefficient (Wildman–Crippen LogP) is 4.23. The Morgan fingerprint density at radius 1 is 1.00 bits per heavy atom. The monoisotopic (exact) mass is 536 g/mol. The molecule has 2 fully saturated rings. The number of nitrogens with zero attached hydrogens (tertiary/aromatic N) is 7. The minimum Gasteiger partial charge on any atom is -0.352 e. The van der Waals surface area contributed by atoms with Gasteiger partial charge in [0.25, 0.3) is 0 Å². The third-order valence-corrected chi connectivity index (χ3v) is 8.13. The molecule has 5 aromatic heterocycles. The Balaban J connectivity index is 1.19. The SMILES string of the molecule is CN1CCN(c2nccc3[nH]c(-c4n[nH]c5cnc(-c6cncc(NC(=O)C7CCCCC7)c6)cc45)nc23)CC1. The number of hydrogen-bond donors (Lipinski definition) is 3. The molecule has 7 rings (SSSR count). The summed E-state index contributed by atoms with van der Waals surface area (Å²) in [6, 6.07) is 5.87. The van der Waals surface area contributed by atoms with Crippen LogP contribution in [-0.2, 0) is 4.79 Å². The first kappa shape index (κ1) is 24.6. The molecular weight excluding hydrogens is 504 g/mol. The predicted molar refractivity (Wildman–Crippen MR) is 155 cm³/mol. The number of aromatic nitrogens is 7. The van der Waals surface area contributed by atoms with Crippen LogP contribution in [-0.4, -0.2) is 79.2 Å². The van der Waals surface area contributed by atoms with E-state index in [9.17, 15) is 4.79 Å². The van der Waals surface area contributed by atoms with Crippen molar-refractivity contribution in [2.45, 2.75) is 32.1 Å². The van der Waals surface area contributed by atoms with E-state index in [1.807, 2.05) is 24.4 Å². The van der Waals surface area contributed by atoms with Crippen molar-refractivity contribution < 1.29 is 4.79 Å². The molecule has 1 saturated carbocycles. The summed E-state index contributed by atoms with van der Waals surface area (Å²) in [5, 5.41) is 11.6. The van der Waals surface area contributed by atoms with Crippen LogP contribution in [0.4, 0.5) is 11.5 Å². The number of piperazine rings is 1. The number of amides is 1. The van der Waals surface area contributed by atoms with Crippen LogP contribution in [0.5, 0.6) is 0 Å². The fourth-order valence-electron chi connectivity index (χ4n) is 5.80. The largest absolute Gasteiger partial charge is 0.352 e. The number of fused-ring (bicyclic) bond motifs is 2. The van der Waals surface area contributed by atoms with Crippen LogP contribution >= 0.6 is 0 Å². The Morgan fingerprint density at radius 3 is 2.70 bits per heavy atom. The van der Waals surface area contributed by atoms with Crippen molar-refractivity contribution in [2.75, 3.05) is 43.4 Å². The third-order valence-electron chi connectivity index (χ3n) is 8.13. The summed E-state index contributed by atoms with van der Waals surface area (Å²) in [6.45, 7) is 3.82. The van der Waals surface area contributed by atoms with Crippen LogP contribution in [0.2, 0.25) is 0 Å². The molecule has 1 saturated heterocycles. The number of imidazole rings is 1. The first-order valence-electron chi connectivity index (χ1n) is 14.0. The van der Waals surface area contributed by atoms with Gasteiger partial charge in [-0.1, -0.05) is 19.3 Å². The van der Waals surface area contributed by atoms with Crippen LogP contribution < -0.4 is 10.2 Å². The molecule has 6 heterocycles. The zero-order valence-electron chi connectivity index (χ0n) is 22.5. The van der Waals surface area contributed by atoms with Gasteiger partial charge >= 0.3 is 0 Å². The van der Waals surface area contributed by atoms with Gasteiger partial charge in [0.15, 0.2) is 11.6 Å². The number of anilines is 2. The number of carbonyl (C=O) groups excluding carboxylic acids is 1. The quantitative estimate of drug-likeness (QED) is 0.304. The molecule has 0 bridgehead atoms. The Labute approximate surface area is 231 Å². The van der Waals surface area contributed by atoms with Gasteiger partial charge in [0, 0.05) is 55.4 Å². The first-order valence-corrected chi connectivity index (χ1v) is 14.0. The van der Waals surface area contributed by atoms with E-state index in [1.54, 1.807) is 18.6 Å². The Morgan fingerprint density at radius 2 is 1.85 bits per heavy atom. The van der Waals surface area contributed by atoms with Gasteiger partial charge in [0.2, 0.25) is 5.91 Å². The molecule has 40 heavy (non-hydrogen) atoms. The summed E-state index contributed by atoms with van der Waals surface area (Å²) in [5.74, 6) is 1.73. The maximum atomic E-state index is 12.8. The minimum absolute atomic E-state index is 0.0782. The van der Waals surface area contributed by atoms with Gasteiger partial charge in [-0.05, 0) is 38.1 Å². The number of rotatable bonds is 5. The van der Waals surface area contributed by atoms with E-state index in [-0.39, 0.29) is 11.8 Å². The van der Waals surface area contributed by atoms with Gasteiger partial charge in [0.05, 0.1) is 34.8 Å². The van der Waals surface area contributed by atoms with Gasteiger partial charge < -0.3 is 20.1 Å². The highest BCUT2D eigenvalue weighted by molar-refractivity contribution is 5.97. The molecule has 0 radical (unpaired) electrons. The fraction of sp³-hybridized carbons (Fsp3) is 0.379. The highest BCUT2D eigenvalue weighted by Gasteiger charge is 2.23. The van der Waals surface area contributed by atoms with Crippen molar-refractivity contribution in [3.8, 4) is 22.8 Å². The van der Waals surface area contributed by atoms with E-state index >= 15 is 0 Å². The van der Waals surface area contributed by atoms with E-state index < -0.39 is 0 Å². The summed E-state index contributed by atoms with van der Waals surface area (Å²) in [6.07, 6.45) is 12.4. The highest BCUT2D eigenvalue weighted by atomic mass is 16.1. The van der Waals surface area contributed by atoms with Crippen molar-refractivity contribution in [1.29, 1.82) is 0 Å². The molecule has 3 N–H and O–H groups in total. The van der Waals surface area contributed by atoms with Crippen LogP contribution in [0.1, 0.15) is 32.1 Å². The summed E-state index contributed by atoms with van der Waals surface area (Å²) < 4.78 is 0. The van der Waals surface area contributed by atoms with Crippen LogP contribution in [0.15, 0.2) is 43.0 Å². The summed E-state index contributed by atoms with van der Waals surface area (Å²) >= 11 is 0. The molecule has 2 aliphatic rings. The van der Waals surface area contributed by atoms with Crippen molar-refractivity contribution in [1.82, 2.24) is 40.0 Å². The van der Waals surface area contributed by atoms with Gasteiger partial charge in [0.1, 0.15) is 11.2 Å². The van der Waals surface area contributed by atoms with E-state index in [0.717, 1.165) is 90.9 Å². The molecule has 11 nitrogen and oxygen atoms in total. The van der Waals surface area contributed by atoms with Crippen LogP contribution in [0, 0.1) is 5.92 Å². The van der Waals surface area contributed by atoms with Gasteiger partial charge in [-0.2, -0.15) is 5.10 Å². The van der Waals surface area contributed by atoms with Crippen LogP contribution in [0.25, 0.3) is 44.7 Å². The zero-order chi connectivity index (χ0) is 27.1. The second kappa shape index (κ2) is 10.3. The normalized spacial score (nSPS) is 17.1. The number of likely N-dealkylation sites (N-methyl/N-ethyl adjacent to an activating group) is 1. The molecule has 1 aliphatic carbocycles. The smallest absolute Gasteiger partial charge is 0.227 e. The van der Waals surface area contributed by atoms with E-state index in [1.165, 1.54) is 6.42 Å². The lowest BCUT2D eigenvalue weighted by atomic mass is 9.88. The van der Waals surface area contributed by atoms with Gasteiger partial charge in [-0.25, -0.2) is 9.97 Å². The number of nitrogens with one attached hydrogen (secondary N) is 3. The van der Waals surface area contributed by atoms with Crippen molar-refractivity contribution >= 4 is 39.3 Å². The van der Waals surface area contributed by atoms with Gasteiger partial charge in [-0.3, -0.25) is 19.9 Å². The lowest BCUT2D eigenvalue weighted by molar-refractivity contribution is -0.120. The molecule has 204 valence electrons. The molecule has 1 aliphatic heterocycles. The summed E-state index contributed by atoms with van der Waals surface area (Å²) in [7, 11) is 2.14. The van der Waals surface area contributed by atoms with Crippen molar-refractivity contribution in [3.05, 3.63) is 43.0 Å². The molecule has 0 atom stereocenters.